The van der Waals surface area contributed by atoms with Crippen molar-refractivity contribution in [1.29, 1.82) is 0 Å². The smallest absolute Gasteiger partial charge is 0.255 e. The first-order valence-electron chi connectivity index (χ1n) is 11.2. The number of hydrogen-bond donors (Lipinski definition) is 1. The minimum Gasteiger partial charge on any atom is -0.460 e. The molecule has 1 saturated heterocycles. The Morgan fingerprint density at radius 1 is 1.13 bits per heavy atom. The Morgan fingerprint density at radius 3 is 2.70 bits per heavy atom. The highest BCUT2D eigenvalue weighted by atomic mass is 16.3. The Labute approximate surface area is 179 Å². The number of hydrogen-bond acceptors (Lipinski definition) is 3. The van der Waals surface area contributed by atoms with Crippen LogP contribution in [0.15, 0.2) is 59.0 Å². The topological polar surface area (TPSA) is 45.5 Å². The van der Waals surface area contributed by atoms with Crippen molar-refractivity contribution in [3.8, 4) is 0 Å². The molecule has 1 N–H and O–H groups in total. The van der Waals surface area contributed by atoms with Crippen LogP contribution in [-0.4, -0.2) is 29.9 Å². The third kappa shape index (κ3) is 4.59. The van der Waals surface area contributed by atoms with Crippen molar-refractivity contribution in [3.63, 3.8) is 0 Å². The highest BCUT2D eigenvalue weighted by Gasteiger charge is 2.29. The van der Waals surface area contributed by atoms with Gasteiger partial charge in [-0.3, -0.25) is 9.69 Å². The van der Waals surface area contributed by atoms with E-state index in [4.69, 9.17) is 4.42 Å². The zero-order valence-corrected chi connectivity index (χ0v) is 18.1. The highest BCUT2D eigenvalue weighted by molar-refractivity contribution is 6.07. The monoisotopic (exact) mass is 404 g/mol. The van der Waals surface area contributed by atoms with Gasteiger partial charge in [0.15, 0.2) is 0 Å². The number of unbranched alkanes of at least 4 members (excludes halogenated alkanes) is 1. The van der Waals surface area contributed by atoms with Crippen molar-refractivity contribution in [2.45, 2.75) is 52.1 Å². The Morgan fingerprint density at radius 2 is 1.90 bits per heavy atom. The summed E-state index contributed by atoms with van der Waals surface area (Å²) >= 11 is 0. The van der Waals surface area contributed by atoms with Gasteiger partial charge in [-0.1, -0.05) is 61.9 Å². The van der Waals surface area contributed by atoms with Crippen molar-refractivity contribution in [3.05, 3.63) is 71.5 Å². The predicted octanol–water partition coefficient (Wildman–Crippen LogP) is 5.42. The van der Waals surface area contributed by atoms with Gasteiger partial charge < -0.3 is 9.73 Å². The Balaban J connectivity index is 1.40. The van der Waals surface area contributed by atoms with Gasteiger partial charge in [-0.25, -0.2) is 0 Å². The molecule has 2 unspecified atom stereocenters. The van der Waals surface area contributed by atoms with Gasteiger partial charge in [0, 0.05) is 37.5 Å². The summed E-state index contributed by atoms with van der Waals surface area (Å²) in [7, 11) is 0. The van der Waals surface area contributed by atoms with Crippen LogP contribution < -0.4 is 5.32 Å². The minimum atomic E-state index is 0.000200. The fraction of sp³-hybridized carbons (Fsp3) is 0.423. The van der Waals surface area contributed by atoms with E-state index in [9.17, 15) is 4.79 Å². The lowest BCUT2D eigenvalue weighted by Gasteiger charge is -2.21. The van der Waals surface area contributed by atoms with Crippen LogP contribution in [0.25, 0.3) is 11.0 Å². The average Bonchev–Trinajstić information content (AvgIpc) is 3.31. The normalized spacial score (nSPS) is 19.4. The summed E-state index contributed by atoms with van der Waals surface area (Å²) < 4.78 is 6.03. The zero-order chi connectivity index (χ0) is 20.9. The van der Waals surface area contributed by atoms with Gasteiger partial charge in [-0.2, -0.15) is 0 Å². The number of fused-ring (bicyclic) bond motifs is 1. The number of rotatable bonds is 8. The molecule has 1 fully saturated rings. The number of carbonyl (C=O) groups excluding carboxylic acids is 1. The number of para-hydroxylation sites is 1. The molecule has 158 valence electrons. The van der Waals surface area contributed by atoms with Gasteiger partial charge in [0.25, 0.3) is 5.91 Å². The van der Waals surface area contributed by atoms with E-state index in [0.29, 0.717) is 18.5 Å². The third-order valence-corrected chi connectivity index (χ3v) is 6.22. The second-order valence-electron chi connectivity index (χ2n) is 8.58. The van der Waals surface area contributed by atoms with Crippen LogP contribution in [0, 0.1) is 5.92 Å². The second kappa shape index (κ2) is 9.48. The molecule has 4 nitrogen and oxygen atoms in total. The molecule has 1 amide bonds. The maximum Gasteiger partial charge on any atom is 0.255 e. The number of nitrogens with one attached hydrogen (secondary N) is 1. The molecule has 2 heterocycles. The number of furan rings is 1. The van der Waals surface area contributed by atoms with E-state index in [1.165, 1.54) is 5.56 Å². The number of carbonyl (C=O) groups is 1. The summed E-state index contributed by atoms with van der Waals surface area (Å²) in [5.74, 6) is 1.30. The highest BCUT2D eigenvalue weighted by Crippen LogP contribution is 2.28. The van der Waals surface area contributed by atoms with Gasteiger partial charge in [0.1, 0.15) is 11.3 Å². The Hall–Kier alpha value is -2.59. The van der Waals surface area contributed by atoms with Crippen molar-refractivity contribution in [2.24, 2.45) is 5.92 Å². The molecule has 0 saturated carbocycles. The molecule has 1 aliphatic heterocycles. The fourth-order valence-electron chi connectivity index (χ4n) is 4.59. The predicted molar refractivity (Wildman–Crippen MR) is 122 cm³/mol. The Bertz CT molecular complexity index is 979. The van der Waals surface area contributed by atoms with Gasteiger partial charge in [0.2, 0.25) is 0 Å². The van der Waals surface area contributed by atoms with E-state index in [-0.39, 0.29) is 5.91 Å². The van der Waals surface area contributed by atoms with Gasteiger partial charge in [0.05, 0.1) is 5.56 Å². The number of likely N-dealkylation sites (tertiary alicyclic amines) is 1. The number of amides is 1. The maximum atomic E-state index is 13.1. The molecule has 0 spiro atoms. The molecule has 0 aliphatic carbocycles. The summed E-state index contributed by atoms with van der Waals surface area (Å²) in [6, 6.07) is 19.0. The molecule has 30 heavy (non-hydrogen) atoms. The first kappa shape index (κ1) is 20.7. The zero-order valence-electron chi connectivity index (χ0n) is 18.1. The van der Waals surface area contributed by atoms with E-state index in [2.05, 4.69) is 54.4 Å². The summed E-state index contributed by atoms with van der Waals surface area (Å²) in [6.45, 7) is 7.15. The van der Waals surface area contributed by atoms with Crippen LogP contribution in [0.1, 0.15) is 54.8 Å². The number of nitrogens with zero attached hydrogens (tertiary/aromatic N) is 1. The van der Waals surface area contributed by atoms with Crippen molar-refractivity contribution >= 4 is 16.9 Å². The molecule has 4 heteroatoms. The summed E-state index contributed by atoms with van der Waals surface area (Å²) in [5.41, 5.74) is 2.88. The van der Waals surface area contributed by atoms with Crippen LogP contribution in [-0.2, 0) is 13.0 Å². The molecule has 2 atom stereocenters. The van der Waals surface area contributed by atoms with Crippen molar-refractivity contribution in [2.75, 3.05) is 13.1 Å². The molecule has 1 aromatic heterocycles. The lowest BCUT2D eigenvalue weighted by atomic mass is 10.0. The first-order valence-corrected chi connectivity index (χ1v) is 11.2. The molecule has 1 aliphatic rings. The molecule has 3 aromatic rings. The summed E-state index contributed by atoms with van der Waals surface area (Å²) in [5, 5.41) is 4.14. The Kier molecular flexibility index (Phi) is 6.53. The molecule has 2 aromatic carbocycles. The molecule has 0 bridgehead atoms. The van der Waals surface area contributed by atoms with E-state index in [1.807, 2.05) is 24.3 Å². The van der Waals surface area contributed by atoms with Crippen LogP contribution >= 0.6 is 0 Å². The largest absolute Gasteiger partial charge is 0.460 e. The molecule has 0 radical (unpaired) electrons. The van der Waals surface area contributed by atoms with Gasteiger partial charge in [-0.15, -0.1) is 0 Å². The maximum absolute atomic E-state index is 13.1. The van der Waals surface area contributed by atoms with E-state index in [0.717, 1.165) is 61.1 Å². The van der Waals surface area contributed by atoms with Crippen LogP contribution in [0.5, 0.6) is 0 Å². The van der Waals surface area contributed by atoms with Gasteiger partial charge >= 0.3 is 0 Å². The van der Waals surface area contributed by atoms with Gasteiger partial charge in [-0.05, 0) is 37.3 Å². The van der Waals surface area contributed by atoms with Crippen molar-refractivity contribution < 1.29 is 9.21 Å². The summed E-state index contributed by atoms with van der Waals surface area (Å²) in [4.78, 5) is 15.6. The lowest BCUT2D eigenvalue weighted by molar-refractivity contribution is 0.0946. The third-order valence-electron chi connectivity index (χ3n) is 6.22. The second-order valence-corrected chi connectivity index (χ2v) is 8.58. The quantitative estimate of drug-likeness (QED) is 0.545. The van der Waals surface area contributed by atoms with Crippen molar-refractivity contribution in [1.82, 2.24) is 10.2 Å². The average molecular weight is 405 g/mol. The van der Waals surface area contributed by atoms with Crippen LogP contribution in [0.2, 0.25) is 0 Å². The number of benzene rings is 2. The SMILES string of the molecule is CCCCc1oc2ccccc2c1C(=O)NCC1CC(C)N(Cc2ccccc2)C1. The fourth-order valence-corrected chi connectivity index (χ4v) is 4.59. The molecular formula is C26H32N2O2. The van der Waals surface area contributed by atoms with E-state index < -0.39 is 0 Å². The molecule has 4 rings (SSSR count). The first-order chi connectivity index (χ1) is 14.7. The summed E-state index contributed by atoms with van der Waals surface area (Å²) in [6.07, 6.45) is 4.02. The van der Waals surface area contributed by atoms with E-state index >= 15 is 0 Å². The lowest BCUT2D eigenvalue weighted by Crippen LogP contribution is -2.31. The number of aryl methyl sites for hydroxylation is 1. The molecular weight excluding hydrogens is 372 g/mol. The standard InChI is InChI=1S/C26H32N2O2/c1-3-4-13-24-25(22-12-8-9-14-23(22)30-24)26(29)27-16-21-15-19(2)28(18-21)17-20-10-6-5-7-11-20/h5-12,14,19,21H,3-4,13,15-18H2,1-2H3,(H,27,29). The van der Waals surface area contributed by atoms with Crippen LogP contribution in [0.3, 0.4) is 0 Å². The van der Waals surface area contributed by atoms with Crippen LogP contribution in [0.4, 0.5) is 0 Å². The van der Waals surface area contributed by atoms with E-state index in [1.54, 1.807) is 0 Å². The minimum absolute atomic E-state index is 0.000200.